The van der Waals surface area contributed by atoms with E-state index in [1.54, 1.807) is 0 Å². The van der Waals surface area contributed by atoms with Gasteiger partial charge in [0.1, 0.15) is 0 Å². The van der Waals surface area contributed by atoms with Gasteiger partial charge >= 0.3 is 0 Å². The van der Waals surface area contributed by atoms with Crippen LogP contribution in [0.1, 0.15) is 32.3 Å². The SMILES string of the molecule is CCC(CC)(C(N)Cc1ccccc1)N(C)C. The van der Waals surface area contributed by atoms with E-state index in [-0.39, 0.29) is 11.6 Å². The van der Waals surface area contributed by atoms with Crippen LogP contribution in [0.4, 0.5) is 0 Å². The Morgan fingerprint density at radius 3 is 2.06 bits per heavy atom. The number of nitrogens with zero attached hydrogens (tertiary/aromatic N) is 1. The molecule has 2 heteroatoms. The van der Waals surface area contributed by atoms with E-state index in [0.29, 0.717) is 0 Å². The van der Waals surface area contributed by atoms with E-state index in [1.807, 2.05) is 6.07 Å². The predicted octanol–water partition coefficient (Wildman–Crippen LogP) is 2.68. The maximum Gasteiger partial charge on any atom is 0.0352 e. The largest absolute Gasteiger partial charge is 0.326 e. The minimum atomic E-state index is 0.107. The number of hydrogen-bond acceptors (Lipinski definition) is 2. The summed E-state index contributed by atoms with van der Waals surface area (Å²) in [5.41, 5.74) is 7.90. The summed E-state index contributed by atoms with van der Waals surface area (Å²) in [6.07, 6.45) is 3.12. The molecule has 0 aliphatic rings. The highest BCUT2D eigenvalue weighted by Gasteiger charge is 2.35. The topological polar surface area (TPSA) is 29.3 Å². The molecule has 0 bridgehead atoms. The molecular weight excluding hydrogens is 208 g/mol. The van der Waals surface area contributed by atoms with Crippen molar-refractivity contribution in [1.82, 2.24) is 4.90 Å². The maximum absolute atomic E-state index is 6.47. The molecule has 2 N–H and O–H groups in total. The van der Waals surface area contributed by atoms with Crippen molar-refractivity contribution < 1.29 is 0 Å². The van der Waals surface area contributed by atoms with Gasteiger partial charge in [0, 0.05) is 11.6 Å². The lowest BCUT2D eigenvalue weighted by atomic mass is 9.81. The van der Waals surface area contributed by atoms with Gasteiger partial charge < -0.3 is 10.6 Å². The Kier molecular flexibility index (Phi) is 5.16. The summed E-state index contributed by atoms with van der Waals surface area (Å²) in [4.78, 5) is 2.29. The van der Waals surface area contributed by atoms with E-state index in [9.17, 15) is 0 Å². The van der Waals surface area contributed by atoms with Gasteiger partial charge in [-0.3, -0.25) is 0 Å². The lowest BCUT2D eigenvalue weighted by Gasteiger charge is -2.43. The van der Waals surface area contributed by atoms with Crippen LogP contribution in [0.25, 0.3) is 0 Å². The van der Waals surface area contributed by atoms with Crippen molar-refractivity contribution in [3.8, 4) is 0 Å². The molecule has 0 aliphatic carbocycles. The van der Waals surface area contributed by atoms with E-state index < -0.39 is 0 Å². The minimum absolute atomic E-state index is 0.107. The van der Waals surface area contributed by atoms with Gasteiger partial charge in [0.05, 0.1) is 0 Å². The monoisotopic (exact) mass is 234 g/mol. The van der Waals surface area contributed by atoms with Crippen molar-refractivity contribution in [2.24, 2.45) is 5.73 Å². The fourth-order valence-corrected chi connectivity index (χ4v) is 2.80. The molecule has 0 spiro atoms. The van der Waals surface area contributed by atoms with Gasteiger partial charge in [-0.25, -0.2) is 0 Å². The fourth-order valence-electron chi connectivity index (χ4n) is 2.80. The smallest absolute Gasteiger partial charge is 0.0352 e. The summed E-state index contributed by atoms with van der Waals surface area (Å²) in [5, 5.41) is 0. The van der Waals surface area contributed by atoms with E-state index >= 15 is 0 Å². The second-order valence-electron chi connectivity index (χ2n) is 5.00. The average Bonchev–Trinajstić information content (AvgIpc) is 2.32. The van der Waals surface area contributed by atoms with Gasteiger partial charge in [-0.1, -0.05) is 44.2 Å². The first-order chi connectivity index (χ1) is 8.06. The van der Waals surface area contributed by atoms with Crippen LogP contribution >= 0.6 is 0 Å². The Balaban J connectivity index is 2.83. The van der Waals surface area contributed by atoms with Gasteiger partial charge in [-0.05, 0) is 38.9 Å². The summed E-state index contributed by atoms with van der Waals surface area (Å²) < 4.78 is 0. The molecule has 0 radical (unpaired) electrons. The van der Waals surface area contributed by atoms with Crippen molar-refractivity contribution in [3.05, 3.63) is 35.9 Å². The zero-order valence-electron chi connectivity index (χ0n) is 11.6. The molecular formula is C15H26N2. The zero-order valence-corrected chi connectivity index (χ0v) is 11.6. The van der Waals surface area contributed by atoms with Crippen LogP contribution in [-0.2, 0) is 6.42 Å². The van der Waals surface area contributed by atoms with Gasteiger partial charge in [0.2, 0.25) is 0 Å². The van der Waals surface area contributed by atoms with Crippen molar-refractivity contribution in [2.45, 2.75) is 44.7 Å². The molecule has 2 nitrogen and oxygen atoms in total. The van der Waals surface area contributed by atoms with Crippen molar-refractivity contribution >= 4 is 0 Å². The summed E-state index contributed by atoms with van der Waals surface area (Å²) in [6, 6.07) is 10.7. The van der Waals surface area contributed by atoms with Crippen molar-refractivity contribution in [3.63, 3.8) is 0 Å². The molecule has 0 heterocycles. The molecule has 0 saturated heterocycles. The van der Waals surface area contributed by atoms with Gasteiger partial charge in [-0.2, -0.15) is 0 Å². The van der Waals surface area contributed by atoms with Crippen LogP contribution < -0.4 is 5.73 Å². The van der Waals surface area contributed by atoms with Gasteiger partial charge in [-0.15, -0.1) is 0 Å². The molecule has 1 aromatic carbocycles. The van der Waals surface area contributed by atoms with Crippen LogP contribution in [0.2, 0.25) is 0 Å². The highest BCUT2D eigenvalue weighted by atomic mass is 15.2. The third-order valence-electron chi connectivity index (χ3n) is 4.10. The molecule has 1 unspecified atom stereocenters. The number of benzene rings is 1. The number of nitrogens with two attached hydrogens (primary N) is 1. The fraction of sp³-hybridized carbons (Fsp3) is 0.600. The number of rotatable bonds is 6. The molecule has 0 aliphatic heterocycles. The Bertz CT molecular complexity index is 315. The van der Waals surface area contributed by atoms with Gasteiger partial charge in [0.15, 0.2) is 0 Å². The summed E-state index contributed by atoms with van der Waals surface area (Å²) in [7, 11) is 4.27. The lowest BCUT2D eigenvalue weighted by Crippen LogP contribution is -2.57. The van der Waals surface area contributed by atoms with E-state index in [2.05, 4.69) is 57.1 Å². The molecule has 17 heavy (non-hydrogen) atoms. The first kappa shape index (κ1) is 14.2. The molecule has 1 aromatic rings. The molecule has 96 valence electrons. The molecule has 1 rings (SSSR count). The van der Waals surface area contributed by atoms with Crippen LogP contribution in [0, 0.1) is 0 Å². The van der Waals surface area contributed by atoms with Gasteiger partial charge in [0.25, 0.3) is 0 Å². The quantitative estimate of drug-likeness (QED) is 0.820. The first-order valence-electron chi connectivity index (χ1n) is 6.53. The summed E-state index contributed by atoms with van der Waals surface area (Å²) in [5.74, 6) is 0. The summed E-state index contributed by atoms with van der Waals surface area (Å²) >= 11 is 0. The Labute approximate surface area is 106 Å². The molecule has 0 fully saturated rings. The van der Waals surface area contributed by atoms with E-state index in [1.165, 1.54) is 5.56 Å². The molecule has 1 atom stereocenters. The molecule has 0 aromatic heterocycles. The van der Waals surface area contributed by atoms with Crippen molar-refractivity contribution in [2.75, 3.05) is 14.1 Å². The number of hydrogen-bond donors (Lipinski definition) is 1. The second-order valence-corrected chi connectivity index (χ2v) is 5.00. The lowest BCUT2D eigenvalue weighted by molar-refractivity contribution is 0.105. The van der Waals surface area contributed by atoms with E-state index in [0.717, 1.165) is 19.3 Å². The normalized spacial score (nSPS) is 14.0. The average molecular weight is 234 g/mol. The Morgan fingerprint density at radius 1 is 1.12 bits per heavy atom. The Morgan fingerprint density at radius 2 is 1.65 bits per heavy atom. The third-order valence-corrected chi connectivity index (χ3v) is 4.10. The zero-order chi connectivity index (χ0) is 12.9. The van der Waals surface area contributed by atoms with Crippen LogP contribution in [-0.4, -0.2) is 30.6 Å². The highest BCUT2D eigenvalue weighted by molar-refractivity contribution is 5.17. The van der Waals surface area contributed by atoms with Crippen molar-refractivity contribution in [1.29, 1.82) is 0 Å². The number of likely N-dealkylation sites (N-methyl/N-ethyl adjacent to an activating group) is 1. The highest BCUT2D eigenvalue weighted by Crippen LogP contribution is 2.26. The van der Waals surface area contributed by atoms with E-state index in [4.69, 9.17) is 5.73 Å². The maximum atomic E-state index is 6.47. The molecule has 0 saturated carbocycles. The predicted molar refractivity (Wildman–Crippen MR) is 75.1 cm³/mol. The summed E-state index contributed by atoms with van der Waals surface area (Å²) in [6.45, 7) is 4.46. The Hall–Kier alpha value is -0.860. The standard InChI is InChI=1S/C15H26N2/c1-5-15(6-2,17(3)4)14(16)12-13-10-8-7-9-11-13/h7-11,14H,5-6,12,16H2,1-4H3. The first-order valence-corrected chi connectivity index (χ1v) is 6.53. The van der Waals surface area contributed by atoms with Crippen LogP contribution in [0.15, 0.2) is 30.3 Å². The third kappa shape index (κ3) is 3.08. The second kappa shape index (κ2) is 6.18. The molecule has 0 amide bonds. The minimum Gasteiger partial charge on any atom is -0.326 e. The van der Waals surface area contributed by atoms with Crippen LogP contribution in [0.3, 0.4) is 0 Å². The van der Waals surface area contributed by atoms with Crippen LogP contribution in [0.5, 0.6) is 0 Å².